The lowest BCUT2D eigenvalue weighted by Crippen LogP contribution is -2.39. The number of carbonyl (C=O) groups is 1. The zero-order valence-electron chi connectivity index (χ0n) is 9.44. The quantitative estimate of drug-likeness (QED) is 0.723. The predicted octanol–water partition coefficient (Wildman–Crippen LogP) is 0.910. The number of rotatable bonds is 5. The van der Waals surface area contributed by atoms with Gasteiger partial charge >= 0.3 is 0 Å². The second kappa shape index (κ2) is 6.02. The highest BCUT2D eigenvalue weighted by molar-refractivity contribution is 5.81. The smallest absolute Gasteiger partial charge is 0.237 e. The molecule has 1 amide bonds. The Morgan fingerprint density at radius 3 is 3.12 bits per heavy atom. The fourth-order valence-electron chi connectivity index (χ4n) is 1.28. The standard InChI is InChI=1S/C12H17N3O/c1-3-4-11(13)12(16)15-8-10-7-14-6-5-9(10)2/h3,5-7,11H,1,4,8,13H2,2H3,(H,15,16). The fourth-order valence-corrected chi connectivity index (χ4v) is 1.28. The zero-order valence-corrected chi connectivity index (χ0v) is 9.44. The molecule has 0 aliphatic rings. The summed E-state index contributed by atoms with van der Waals surface area (Å²) in [4.78, 5) is 15.5. The maximum absolute atomic E-state index is 11.5. The first-order valence-corrected chi connectivity index (χ1v) is 5.19. The van der Waals surface area contributed by atoms with Gasteiger partial charge in [-0.05, 0) is 30.5 Å². The molecule has 0 bridgehead atoms. The SMILES string of the molecule is C=CCC(N)C(=O)NCc1cnccc1C. The fraction of sp³-hybridized carbons (Fsp3) is 0.333. The molecular weight excluding hydrogens is 202 g/mol. The lowest BCUT2D eigenvalue weighted by Gasteiger charge is -2.11. The number of aryl methyl sites for hydroxylation is 1. The van der Waals surface area contributed by atoms with Crippen LogP contribution in [-0.2, 0) is 11.3 Å². The van der Waals surface area contributed by atoms with E-state index in [1.807, 2.05) is 13.0 Å². The van der Waals surface area contributed by atoms with Crippen LogP contribution in [0.1, 0.15) is 17.5 Å². The number of pyridine rings is 1. The van der Waals surface area contributed by atoms with Crippen molar-refractivity contribution in [3.8, 4) is 0 Å². The number of hydrogen-bond acceptors (Lipinski definition) is 3. The zero-order chi connectivity index (χ0) is 12.0. The minimum Gasteiger partial charge on any atom is -0.351 e. The maximum atomic E-state index is 11.5. The van der Waals surface area contributed by atoms with Crippen molar-refractivity contribution >= 4 is 5.91 Å². The van der Waals surface area contributed by atoms with E-state index in [9.17, 15) is 4.79 Å². The van der Waals surface area contributed by atoms with Crippen LogP contribution in [0.15, 0.2) is 31.1 Å². The molecule has 4 heteroatoms. The van der Waals surface area contributed by atoms with Crippen LogP contribution in [0, 0.1) is 6.92 Å². The van der Waals surface area contributed by atoms with Gasteiger partial charge in [-0.2, -0.15) is 0 Å². The highest BCUT2D eigenvalue weighted by Gasteiger charge is 2.11. The molecule has 16 heavy (non-hydrogen) atoms. The van der Waals surface area contributed by atoms with Gasteiger partial charge in [0.1, 0.15) is 0 Å². The van der Waals surface area contributed by atoms with E-state index in [1.165, 1.54) is 0 Å². The Morgan fingerprint density at radius 1 is 1.75 bits per heavy atom. The number of nitrogens with zero attached hydrogens (tertiary/aromatic N) is 1. The molecule has 3 N–H and O–H groups in total. The summed E-state index contributed by atoms with van der Waals surface area (Å²) in [5, 5.41) is 2.77. The van der Waals surface area contributed by atoms with E-state index in [0.717, 1.165) is 11.1 Å². The van der Waals surface area contributed by atoms with Gasteiger partial charge in [0.25, 0.3) is 0 Å². The van der Waals surface area contributed by atoms with E-state index in [2.05, 4.69) is 16.9 Å². The molecule has 0 radical (unpaired) electrons. The van der Waals surface area contributed by atoms with Crippen molar-refractivity contribution in [2.24, 2.45) is 5.73 Å². The van der Waals surface area contributed by atoms with Crippen LogP contribution in [0.2, 0.25) is 0 Å². The van der Waals surface area contributed by atoms with Crippen molar-refractivity contribution in [1.29, 1.82) is 0 Å². The molecule has 86 valence electrons. The topological polar surface area (TPSA) is 68.0 Å². The van der Waals surface area contributed by atoms with E-state index in [0.29, 0.717) is 13.0 Å². The molecule has 1 atom stereocenters. The molecule has 1 heterocycles. The Hall–Kier alpha value is -1.68. The first-order valence-electron chi connectivity index (χ1n) is 5.19. The van der Waals surface area contributed by atoms with Gasteiger partial charge in [-0.25, -0.2) is 0 Å². The molecule has 0 aromatic carbocycles. The highest BCUT2D eigenvalue weighted by atomic mass is 16.2. The van der Waals surface area contributed by atoms with Crippen LogP contribution in [-0.4, -0.2) is 16.9 Å². The van der Waals surface area contributed by atoms with Gasteiger partial charge in [0.15, 0.2) is 0 Å². The summed E-state index contributed by atoms with van der Waals surface area (Å²) in [7, 11) is 0. The van der Waals surface area contributed by atoms with Gasteiger partial charge in [0.2, 0.25) is 5.91 Å². The molecule has 1 unspecified atom stereocenters. The predicted molar refractivity (Wildman–Crippen MR) is 63.6 cm³/mol. The second-order valence-electron chi connectivity index (χ2n) is 3.65. The van der Waals surface area contributed by atoms with Crippen LogP contribution >= 0.6 is 0 Å². The molecular formula is C12H17N3O. The molecule has 0 spiro atoms. The van der Waals surface area contributed by atoms with Gasteiger partial charge in [-0.15, -0.1) is 6.58 Å². The van der Waals surface area contributed by atoms with Crippen LogP contribution in [0.5, 0.6) is 0 Å². The minimum absolute atomic E-state index is 0.164. The third kappa shape index (κ3) is 3.47. The molecule has 0 saturated carbocycles. The third-order valence-corrected chi connectivity index (χ3v) is 2.36. The average Bonchev–Trinajstić information content (AvgIpc) is 2.28. The van der Waals surface area contributed by atoms with Gasteiger partial charge < -0.3 is 11.1 Å². The van der Waals surface area contributed by atoms with Crippen molar-refractivity contribution < 1.29 is 4.79 Å². The van der Waals surface area contributed by atoms with Crippen molar-refractivity contribution in [3.63, 3.8) is 0 Å². The van der Waals surface area contributed by atoms with E-state index in [1.54, 1.807) is 18.5 Å². The Balaban J connectivity index is 2.49. The molecule has 0 saturated heterocycles. The van der Waals surface area contributed by atoms with Crippen molar-refractivity contribution in [1.82, 2.24) is 10.3 Å². The second-order valence-corrected chi connectivity index (χ2v) is 3.65. The number of nitrogens with two attached hydrogens (primary N) is 1. The Kier molecular flexibility index (Phi) is 4.66. The molecule has 0 fully saturated rings. The van der Waals surface area contributed by atoms with Crippen LogP contribution in [0.4, 0.5) is 0 Å². The van der Waals surface area contributed by atoms with Crippen molar-refractivity contribution in [2.45, 2.75) is 25.9 Å². The highest BCUT2D eigenvalue weighted by Crippen LogP contribution is 2.04. The average molecular weight is 219 g/mol. The Labute approximate surface area is 95.6 Å². The first-order chi connectivity index (χ1) is 7.65. The number of nitrogens with one attached hydrogen (secondary N) is 1. The monoisotopic (exact) mass is 219 g/mol. The van der Waals surface area contributed by atoms with E-state index < -0.39 is 6.04 Å². The Morgan fingerprint density at radius 2 is 2.50 bits per heavy atom. The summed E-state index contributed by atoms with van der Waals surface area (Å²) in [6.07, 6.45) is 5.59. The summed E-state index contributed by atoms with van der Waals surface area (Å²) in [6.45, 7) is 5.99. The van der Waals surface area contributed by atoms with Crippen LogP contribution in [0.3, 0.4) is 0 Å². The molecule has 1 aromatic rings. The maximum Gasteiger partial charge on any atom is 0.237 e. The van der Waals surface area contributed by atoms with Crippen LogP contribution < -0.4 is 11.1 Å². The van der Waals surface area contributed by atoms with E-state index in [-0.39, 0.29) is 5.91 Å². The first kappa shape index (κ1) is 12.4. The van der Waals surface area contributed by atoms with E-state index in [4.69, 9.17) is 5.73 Å². The van der Waals surface area contributed by atoms with E-state index >= 15 is 0 Å². The number of aromatic nitrogens is 1. The molecule has 1 rings (SSSR count). The lowest BCUT2D eigenvalue weighted by atomic mass is 10.1. The Bertz CT molecular complexity index is 376. The number of hydrogen-bond donors (Lipinski definition) is 2. The van der Waals surface area contributed by atoms with Gasteiger partial charge in [-0.3, -0.25) is 9.78 Å². The van der Waals surface area contributed by atoms with Gasteiger partial charge in [0, 0.05) is 18.9 Å². The van der Waals surface area contributed by atoms with Gasteiger partial charge in [0.05, 0.1) is 6.04 Å². The molecule has 0 aliphatic carbocycles. The molecule has 1 aromatic heterocycles. The largest absolute Gasteiger partial charge is 0.351 e. The summed E-state index contributed by atoms with van der Waals surface area (Å²) < 4.78 is 0. The summed E-state index contributed by atoms with van der Waals surface area (Å²) in [5.74, 6) is -0.164. The van der Waals surface area contributed by atoms with Gasteiger partial charge in [-0.1, -0.05) is 6.08 Å². The minimum atomic E-state index is -0.519. The number of carbonyl (C=O) groups excluding carboxylic acids is 1. The normalized spacial score (nSPS) is 11.9. The van der Waals surface area contributed by atoms with Crippen molar-refractivity contribution in [2.75, 3.05) is 0 Å². The molecule has 4 nitrogen and oxygen atoms in total. The third-order valence-electron chi connectivity index (χ3n) is 2.36. The lowest BCUT2D eigenvalue weighted by molar-refractivity contribution is -0.122. The molecule has 0 aliphatic heterocycles. The number of amides is 1. The summed E-state index contributed by atoms with van der Waals surface area (Å²) in [5.41, 5.74) is 7.74. The van der Waals surface area contributed by atoms with Crippen molar-refractivity contribution in [3.05, 3.63) is 42.2 Å². The summed E-state index contributed by atoms with van der Waals surface area (Å²) >= 11 is 0. The van der Waals surface area contributed by atoms with Crippen LogP contribution in [0.25, 0.3) is 0 Å². The summed E-state index contributed by atoms with van der Waals surface area (Å²) in [6, 6.07) is 1.39.